The molecule has 2 aromatic rings. The minimum absolute atomic E-state index is 0.165. The lowest BCUT2D eigenvalue weighted by atomic mass is 10.0. The summed E-state index contributed by atoms with van der Waals surface area (Å²) in [5.74, 6) is -0.165. The van der Waals surface area contributed by atoms with E-state index in [1.54, 1.807) is 19.1 Å². The summed E-state index contributed by atoms with van der Waals surface area (Å²) in [5, 5.41) is 11.8. The Morgan fingerprint density at radius 1 is 1.05 bits per heavy atom. The number of aliphatic hydroxyl groups excluding tert-OH is 1. The van der Waals surface area contributed by atoms with Crippen LogP contribution in [0.25, 0.3) is 11.1 Å². The first kappa shape index (κ1) is 14.3. The summed E-state index contributed by atoms with van der Waals surface area (Å²) < 4.78 is 0. The summed E-state index contributed by atoms with van der Waals surface area (Å²) in [6.45, 7) is 3.96. The van der Waals surface area contributed by atoms with E-state index in [1.165, 1.54) is 5.56 Å². The summed E-state index contributed by atoms with van der Waals surface area (Å²) >= 11 is 0. The maximum absolute atomic E-state index is 11.8. The average molecular weight is 269 g/mol. The van der Waals surface area contributed by atoms with Crippen LogP contribution in [-0.2, 0) is 0 Å². The Morgan fingerprint density at radius 2 is 1.55 bits per heavy atom. The normalized spacial score (nSPS) is 11.9. The maximum Gasteiger partial charge on any atom is 0.251 e. The molecule has 2 rings (SSSR count). The number of carbonyl (C=O) groups is 1. The van der Waals surface area contributed by atoms with Gasteiger partial charge in [-0.3, -0.25) is 4.79 Å². The standard InChI is InChI=1S/C17H19NO2/c1-12-3-5-14(6-4-12)15-7-9-16(10-8-15)17(20)18-11-13(2)19/h3-10,13,19H,11H2,1-2H3,(H,18,20). The van der Waals surface area contributed by atoms with E-state index < -0.39 is 6.10 Å². The minimum atomic E-state index is -0.536. The van der Waals surface area contributed by atoms with Crippen molar-refractivity contribution in [2.24, 2.45) is 0 Å². The molecule has 3 heteroatoms. The van der Waals surface area contributed by atoms with E-state index in [4.69, 9.17) is 5.11 Å². The molecule has 1 atom stereocenters. The van der Waals surface area contributed by atoms with Gasteiger partial charge in [0.25, 0.3) is 5.91 Å². The first-order valence-electron chi connectivity index (χ1n) is 6.69. The monoisotopic (exact) mass is 269 g/mol. The second kappa shape index (κ2) is 6.35. The number of benzene rings is 2. The lowest BCUT2D eigenvalue weighted by Gasteiger charge is -2.08. The van der Waals surface area contributed by atoms with E-state index in [2.05, 4.69) is 36.5 Å². The van der Waals surface area contributed by atoms with E-state index in [1.807, 2.05) is 12.1 Å². The molecule has 0 spiro atoms. The number of aliphatic hydroxyl groups is 1. The van der Waals surface area contributed by atoms with Crippen molar-refractivity contribution in [1.29, 1.82) is 0 Å². The second-order valence-corrected chi connectivity index (χ2v) is 5.00. The number of rotatable bonds is 4. The van der Waals surface area contributed by atoms with Gasteiger partial charge in [0.05, 0.1) is 6.10 Å². The Balaban J connectivity index is 2.10. The zero-order chi connectivity index (χ0) is 14.5. The Labute approximate surface area is 119 Å². The van der Waals surface area contributed by atoms with Gasteiger partial charge < -0.3 is 10.4 Å². The Morgan fingerprint density at radius 3 is 2.05 bits per heavy atom. The molecule has 0 aromatic heterocycles. The van der Waals surface area contributed by atoms with Gasteiger partial charge in [-0.2, -0.15) is 0 Å². The highest BCUT2D eigenvalue weighted by molar-refractivity contribution is 5.94. The topological polar surface area (TPSA) is 49.3 Å². The zero-order valence-electron chi connectivity index (χ0n) is 11.8. The highest BCUT2D eigenvalue weighted by Crippen LogP contribution is 2.20. The molecule has 2 N–H and O–H groups in total. The molecule has 104 valence electrons. The maximum atomic E-state index is 11.8. The van der Waals surface area contributed by atoms with E-state index in [0.29, 0.717) is 5.56 Å². The molecule has 20 heavy (non-hydrogen) atoms. The predicted octanol–water partition coefficient (Wildman–Crippen LogP) is 2.77. The molecule has 0 saturated heterocycles. The highest BCUT2D eigenvalue weighted by Gasteiger charge is 2.06. The Kier molecular flexibility index (Phi) is 4.53. The van der Waals surface area contributed by atoms with E-state index in [9.17, 15) is 4.79 Å². The highest BCUT2D eigenvalue weighted by atomic mass is 16.3. The second-order valence-electron chi connectivity index (χ2n) is 5.00. The number of hydrogen-bond acceptors (Lipinski definition) is 2. The van der Waals surface area contributed by atoms with Crippen molar-refractivity contribution in [2.45, 2.75) is 20.0 Å². The summed E-state index contributed by atoms with van der Waals surface area (Å²) in [6.07, 6.45) is -0.536. The third kappa shape index (κ3) is 3.68. The Hall–Kier alpha value is -2.13. The van der Waals surface area contributed by atoms with Crippen LogP contribution in [0.4, 0.5) is 0 Å². The fourth-order valence-electron chi connectivity index (χ4n) is 1.90. The van der Waals surface area contributed by atoms with Crippen LogP contribution in [0.1, 0.15) is 22.8 Å². The van der Waals surface area contributed by atoms with Crippen LogP contribution in [-0.4, -0.2) is 23.7 Å². The molecular formula is C17H19NO2. The minimum Gasteiger partial charge on any atom is -0.392 e. The molecular weight excluding hydrogens is 250 g/mol. The lowest BCUT2D eigenvalue weighted by molar-refractivity contribution is 0.0924. The fraction of sp³-hybridized carbons (Fsp3) is 0.235. The van der Waals surface area contributed by atoms with Crippen molar-refractivity contribution in [3.63, 3.8) is 0 Å². The van der Waals surface area contributed by atoms with Crippen LogP contribution in [0.3, 0.4) is 0 Å². The van der Waals surface area contributed by atoms with Gasteiger partial charge in [0, 0.05) is 12.1 Å². The molecule has 0 saturated carbocycles. The van der Waals surface area contributed by atoms with Crippen molar-refractivity contribution in [1.82, 2.24) is 5.32 Å². The average Bonchev–Trinajstić information content (AvgIpc) is 2.46. The number of amides is 1. The first-order valence-corrected chi connectivity index (χ1v) is 6.69. The first-order chi connectivity index (χ1) is 9.56. The smallest absolute Gasteiger partial charge is 0.251 e. The molecule has 0 aliphatic rings. The molecule has 0 aliphatic heterocycles. The van der Waals surface area contributed by atoms with Gasteiger partial charge in [-0.25, -0.2) is 0 Å². The number of aryl methyl sites for hydroxylation is 1. The number of nitrogens with one attached hydrogen (secondary N) is 1. The Bertz CT molecular complexity index is 571. The molecule has 0 fully saturated rings. The summed E-state index contributed by atoms with van der Waals surface area (Å²) in [7, 11) is 0. The molecule has 0 heterocycles. The van der Waals surface area contributed by atoms with Crippen molar-refractivity contribution >= 4 is 5.91 Å². The SMILES string of the molecule is Cc1ccc(-c2ccc(C(=O)NCC(C)O)cc2)cc1. The summed E-state index contributed by atoms with van der Waals surface area (Å²) in [4.78, 5) is 11.8. The molecule has 0 bridgehead atoms. The van der Waals surface area contributed by atoms with Gasteiger partial charge in [0.2, 0.25) is 0 Å². The van der Waals surface area contributed by atoms with E-state index in [-0.39, 0.29) is 12.5 Å². The summed E-state index contributed by atoms with van der Waals surface area (Å²) in [6, 6.07) is 15.7. The van der Waals surface area contributed by atoms with Crippen LogP contribution in [0.15, 0.2) is 48.5 Å². The van der Waals surface area contributed by atoms with Crippen LogP contribution >= 0.6 is 0 Å². The van der Waals surface area contributed by atoms with Crippen molar-refractivity contribution < 1.29 is 9.90 Å². The lowest BCUT2D eigenvalue weighted by Crippen LogP contribution is -2.30. The van der Waals surface area contributed by atoms with Gasteiger partial charge >= 0.3 is 0 Å². The molecule has 3 nitrogen and oxygen atoms in total. The van der Waals surface area contributed by atoms with Crippen molar-refractivity contribution in [3.05, 3.63) is 59.7 Å². The molecule has 1 unspecified atom stereocenters. The van der Waals surface area contributed by atoms with E-state index in [0.717, 1.165) is 11.1 Å². The van der Waals surface area contributed by atoms with Crippen LogP contribution in [0, 0.1) is 6.92 Å². The third-order valence-corrected chi connectivity index (χ3v) is 3.09. The largest absolute Gasteiger partial charge is 0.392 e. The molecule has 0 radical (unpaired) electrons. The van der Waals surface area contributed by atoms with Crippen LogP contribution < -0.4 is 5.32 Å². The van der Waals surface area contributed by atoms with Gasteiger partial charge in [0.1, 0.15) is 0 Å². The fourth-order valence-corrected chi connectivity index (χ4v) is 1.90. The van der Waals surface area contributed by atoms with Gasteiger partial charge in [0.15, 0.2) is 0 Å². The molecule has 2 aromatic carbocycles. The molecule has 1 amide bonds. The van der Waals surface area contributed by atoms with Gasteiger partial charge in [-0.1, -0.05) is 42.0 Å². The van der Waals surface area contributed by atoms with Crippen molar-refractivity contribution in [2.75, 3.05) is 6.54 Å². The predicted molar refractivity (Wildman–Crippen MR) is 80.6 cm³/mol. The molecule has 0 aliphatic carbocycles. The quantitative estimate of drug-likeness (QED) is 0.896. The van der Waals surface area contributed by atoms with Crippen LogP contribution in [0.5, 0.6) is 0 Å². The van der Waals surface area contributed by atoms with Crippen LogP contribution in [0.2, 0.25) is 0 Å². The van der Waals surface area contributed by atoms with Gasteiger partial charge in [-0.15, -0.1) is 0 Å². The number of carbonyl (C=O) groups excluding carboxylic acids is 1. The van der Waals surface area contributed by atoms with E-state index >= 15 is 0 Å². The zero-order valence-corrected chi connectivity index (χ0v) is 11.8. The third-order valence-electron chi connectivity index (χ3n) is 3.09. The summed E-state index contributed by atoms with van der Waals surface area (Å²) in [5.41, 5.74) is 4.04. The van der Waals surface area contributed by atoms with Gasteiger partial charge in [-0.05, 0) is 37.1 Å². The van der Waals surface area contributed by atoms with Crippen molar-refractivity contribution in [3.8, 4) is 11.1 Å². The number of hydrogen-bond donors (Lipinski definition) is 2.